The van der Waals surface area contributed by atoms with Gasteiger partial charge in [-0.05, 0) is 19.1 Å². The Kier molecular flexibility index (Phi) is 6.36. The number of rotatable bonds is 5. The van der Waals surface area contributed by atoms with Crippen molar-refractivity contribution >= 4 is 40.2 Å². The number of ether oxygens (including phenoxy) is 1. The van der Waals surface area contributed by atoms with Gasteiger partial charge in [-0.2, -0.15) is 0 Å². The van der Waals surface area contributed by atoms with Gasteiger partial charge in [0.05, 0.1) is 29.8 Å². The fourth-order valence-corrected chi connectivity index (χ4v) is 4.26. The second-order valence-corrected chi connectivity index (χ2v) is 7.61. The van der Waals surface area contributed by atoms with Gasteiger partial charge in [-0.15, -0.1) is 11.3 Å². The molecule has 24 heavy (non-hydrogen) atoms. The highest BCUT2D eigenvalue weighted by molar-refractivity contribution is 7.07. The largest absolute Gasteiger partial charge is 0.370 e. The van der Waals surface area contributed by atoms with E-state index in [9.17, 15) is 0 Å². The molecule has 0 amide bonds. The quantitative estimate of drug-likeness (QED) is 0.841. The highest BCUT2D eigenvalue weighted by atomic mass is 35.5. The van der Waals surface area contributed by atoms with Crippen LogP contribution in [0.3, 0.4) is 0 Å². The standard InChI is InChI=1S/C17H21Cl2N3OS/c1-13-12-24-17(20-16-14(18)4-2-5-15(16)19)22(13)7-3-6-21-8-10-23-11-9-21/h2,4-5,12H,3,6-11H2,1H3/p+1. The van der Waals surface area contributed by atoms with Gasteiger partial charge in [0.15, 0.2) is 4.80 Å². The Morgan fingerprint density at radius 1 is 1.25 bits per heavy atom. The van der Waals surface area contributed by atoms with E-state index in [2.05, 4.69) is 16.9 Å². The number of aryl methyl sites for hydroxylation is 1. The molecule has 2 aromatic rings. The maximum Gasteiger partial charge on any atom is 0.190 e. The van der Waals surface area contributed by atoms with Crippen molar-refractivity contribution in [3.05, 3.63) is 44.1 Å². The number of quaternary nitrogens is 1. The highest BCUT2D eigenvalue weighted by Crippen LogP contribution is 2.32. The Balaban J connectivity index is 1.75. The summed E-state index contributed by atoms with van der Waals surface area (Å²) in [5.41, 5.74) is 1.87. The third-order valence-corrected chi connectivity index (χ3v) is 5.84. The minimum absolute atomic E-state index is 0.581. The van der Waals surface area contributed by atoms with E-state index in [1.54, 1.807) is 16.2 Å². The summed E-state index contributed by atoms with van der Waals surface area (Å²) >= 11 is 14.1. The third-order valence-electron chi connectivity index (χ3n) is 4.25. The lowest BCUT2D eigenvalue weighted by atomic mass is 10.3. The minimum atomic E-state index is 0.581. The Morgan fingerprint density at radius 3 is 2.67 bits per heavy atom. The van der Waals surface area contributed by atoms with Crippen molar-refractivity contribution < 1.29 is 9.64 Å². The van der Waals surface area contributed by atoms with Crippen LogP contribution >= 0.6 is 34.5 Å². The van der Waals surface area contributed by atoms with E-state index in [-0.39, 0.29) is 0 Å². The molecule has 1 aliphatic rings. The summed E-state index contributed by atoms with van der Waals surface area (Å²) in [6.45, 7) is 8.22. The predicted octanol–water partition coefficient (Wildman–Crippen LogP) is 2.70. The molecule has 2 heterocycles. The molecule has 0 bridgehead atoms. The number of hydrogen-bond donors (Lipinski definition) is 1. The molecule has 1 saturated heterocycles. The average Bonchev–Trinajstić information content (AvgIpc) is 2.92. The maximum atomic E-state index is 6.25. The van der Waals surface area contributed by atoms with Crippen LogP contribution in [0.25, 0.3) is 0 Å². The zero-order valence-corrected chi connectivity index (χ0v) is 16.1. The van der Waals surface area contributed by atoms with Gasteiger partial charge in [-0.25, -0.2) is 4.99 Å². The van der Waals surface area contributed by atoms with Crippen LogP contribution < -0.4 is 9.70 Å². The van der Waals surface area contributed by atoms with Gasteiger partial charge in [-0.3, -0.25) is 0 Å². The van der Waals surface area contributed by atoms with Gasteiger partial charge >= 0.3 is 0 Å². The Bertz CT molecular complexity index is 730. The molecule has 1 N–H and O–H groups in total. The van der Waals surface area contributed by atoms with Gasteiger partial charge in [0, 0.05) is 24.0 Å². The first-order chi connectivity index (χ1) is 11.6. The zero-order valence-electron chi connectivity index (χ0n) is 13.7. The summed E-state index contributed by atoms with van der Waals surface area (Å²) in [7, 11) is 0. The van der Waals surface area contributed by atoms with E-state index in [4.69, 9.17) is 32.9 Å². The maximum absolute atomic E-state index is 6.25. The number of morpholine rings is 1. The van der Waals surface area contributed by atoms with Crippen LogP contribution in [0.15, 0.2) is 28.6 Å². The van der Waals surface area contributed by atoms with E-state index in [0.717, 1.165) is 50.6 Å². The van der Waals surface area contributed by atoms with E-state index in [1.807, 2.05) is 18.2 Å². The minimum Gasteiger partial charge on any atom is -0.370 e. The number of thiazole rings is 1. The molecule has 0 saturated carbocycles. The molecule has 0 atom stereocenters. The number of hydrogen-bond acceptors (Lipinski definition) is 3. The molecule has 0 unspecified atom stereocenters. The smallest absolute Gasteiger partial charge is 0.190 e. The van der Waals surface area contributed by atoms with E-state index >= 15 is 0 Å². The van der Waals surface area contributed by atoms with Crippen LogP contribution in [0.4, 0.5) is 5.69 Å². The summed E-state index contributed by atoms with van der Waals surface area (Å²) in [4.78, 5) is 7.29. The second kappa shape index (κ2) is 8.50. The first-order valence-electron chi connectivity index (χ1n) is 8.20. The molecule has 7 heteroatoms. The van der Waals surface area contributed by atoms with E-state index in [1.165, 1.54) is 5.69 Å². The monoisotopic (exact) mass is 386 g/mol. The molecule has 1 fully saturated rings. The first-order valence-corrected chi connectivity index (χ1v) is 9.83. The molecule has 1 aromatic carbocycles. The van der Waals surface area contributed by atoms with Gasteiger partial charge in [0.2, 0.25) is 0 Å². The van der Waals surface area contributed by atoms with E-state index in [0.29, 0.717) is 15.7 Å². The number of benzene rings is 1. The Hall–Kier alpha value is -0.850. The summed E-state index contributed by atoms with van der Waals surface area (Å²) in [6, 6.07) is 5.47. The fourth-order valence-electron chi connectivity index (χ4n) is 2.86. The van der Waals surface area contributed by atoms with Crippen LogP contribution in [0.1, 0.15) is 12.1 Å². The van der Waals surface area contributed by atoms with Crippen molar-refractivity contribution in [2.24, 2.45) is 4.99 Å². The molecule has 0 aliphatic carbocycles. The molecule has 4 nitrogen and oxygen atoms in total. The van der Waals surface area contributed by atoms with Gasteiger partial charge in [0.1, 0.15) is 18.8 Å². The van der Waals surface area contributed by atoms with Crippen LogP contribution in [-0.4, -0.2) is 37.4 Å². The fraction of sp³-hybridized carbons (Fsp3) is 0.471. The Labute approximate surface area is 156 Å². The van der Waals surface area contributed by atoms with Crippen molar-refractivity contribution in [3.8, 4) is 0 Å². The third kappa shape index (κ3) is 4.41. The van der Waals surface area contributed by atoms with Gasteiger partial charge < -0.3 is 14.2 Å². The van der Waals surface area contributed by atoms with Crippen molar-refractivity contribution in [2.75, 3.05) is 32.8 Å². The van der Waals surface area contributed by atoms with Crippen LogP contribution in [0.5, 0.6) is 0 Å². The molecule has 130 valence electrons. The summed E-state index contributed by atoms with van der Waals surface area (Å²) in [5.74, 6) is 0. The molecule has 0 spiro atoms. The van der Waals surface area contributed by atoms with Crippen molar-refractivity contribution in [3.63, 3.8) is 0 Å². The summed E-state index contributed by atoms with van der Waals surface area (Å²) < 4.78 is 7.67. The van der Waals surface area contributed by atoms with E-state index < -0.39 is 0 Å². The number of nitrogens with one attached hydrogen (secondary N) is 1. The number of para-hydroxylation sites is 1. The molecule has 1 aliphatic heterocycles. The second-order valence-electron chi connectivity index (χ2n) is 5.96. The first kappa shape index (κ1) is 18.0. The van der Waals surface area contributed by atoms with Crippen LogP contribution in [0, 0.1) is 6.92 Å². The predicted molar refractivity (Wildman–Crippen MR) is 99.7 cm³/mol. The molecule has 0 radical (unpaired) electrons. The van der Waals surface area contributed by atoms with Gasteiger partial charge in [0.25, 0.3) is 0 Å². The molecular weight excluding hydrogens is 365 g/mol. The summed E-state index contributed by atoms with van der Waals surface area (Å²) in [6.07, 6.45) is 1.12. The van der Waals surface area contributed by atoms with Crippen molar-refractivity contribution in [1.29, 1.82) is 0 Å². The zero-order chi connectivity index (χ0) is 16.9. The normalized spacial score (nSPS) is 16.7. The molecule has 1 aromatic heterocycles. The molecule has 3 rings (SSSR count). The average molecular weight is 387 g/mol. The van der Waals surface area contributed by atoms with Crippen LogP contribution in [-0.2, 0) is 11.3 Å². The number of aromatic nitrogens is 1. The number of halogens is 2. The SMILES string of the molecule is Cc1csc(=Nc2c(Cl)cccc2Cl)n1CCC[NH+]1CCOCC1. The highest BCUT2D eigenvalue weighted by Gasteiger charge is 2.13. The topological polar surface area (TPSA) is 31.0 Å². The number of nitrogens with zero attached hydrogens (tertiary/aromatic N) is 2. The summed E-state index contributed by atoms with van der Waals surface area (Å²) in [5, 5.41) is 3.29. The van der Waals surface area contributed by atoms with Crippen molar-refractivity contribution in [1.82, 2.24) is 4.57 Å². The Morgan fingerprint density at radius 2 is 1.96 bits per heavy atom. The van der Waals surface area contributed by atoms with Gasteiger partial charge in [-0.1, -0.05) is 29.3 Å². The lowest BCUT2D eigenvalue weighted by Gasteiger charge is -2.23. The van der Waals surface area contributed by atoms with Crippen molar-refractivity contribution in [2.45, 2.75) is 19.9 Å². The lowest BCUT2D eigenvalue weighted by molar-refractivity contribution is -0.908. The lowest BCUT2D eigenvalue weighted by Crippen LogP contribution is -3.14. The molecular formula is C17H22Cl2N3OS+. The van der Waals surface area contributed by atoms with Crippen LogP contribution in [0.2, 0.25) is 10.0 Å².